The van der Waals surface area contributed by atoms with Gasteiger partial charge in [0.15, 0.2) is 0 Å². The van der Waals surface area contributed by atoms with E-state index in [0.29, 0.717) is 5.69 Å². The number of amides is 1. The molecule has 0 aliphatic rings. The van der Waals surface area contributed by atoms with Crippen molar-refractivity contribution in [1.29, 1.82) is 0 Å². The van der Waals surface area contributed by atoms with Crippen LogP contribution >= 0.6 is 0 Å². The first kappa shape index (κ1) is 16.9. The Balaban J connectivity index is 1.99. The smallest absolute Gasteiger partial charge is 0.270 e. The molecule has 0 saturated heterocycles. The van der Waals surface area contributed by atoms with Gasteiger partial charge in [-0.05, 0) is 37.5 Å². The molecule has 2 heterocycles. The molecule has 23 heavy (non-hydrogen) atoms. The van der Waals surface area contributed by atoms with Crippen LogP contribution in [-0.4, -0.2) is 40.5 Å². The van der Waals surface area contributed by atoms with Crippen molar-refractivity contribution in [2.24, 2.45) is 0 Å². The highest BCUT2D eigenvalue weighted by Crippen LogP contribution is 2.10. The number of aromatic nitrogens is 3. The van der Waals surface area contributed by atoms with Crippen molar-refractivity contribution in [3.63, 3.8) is 0 Å². The van der Waals surface area contributed by atoms with E-state index in [4.69, 9.17) is 0 Å². The Morgan fingerprint density at radius 1 is 1.30 bits per heavy atom. The first-order valence-electron chi connectivity index (χ1n) is 7.83. The van der Waals surface area contributed by atoms with Crippen molar-refractivity contribution in [3.05, 3.63) is 48.2 Å². The van der Waals surface area contributed by atoms with Gasteiger partial charge in [0, 0.05) is 38.1 Å². The number of carbonyl (C=O) groups excluding carboxylic acids is 1. The van der Waals surface area contributed by atoms with Crippen molar-refractivity contribution < 1.29 is 4.79 Å². The number of carbonyl (C=O) groups is 1. The van der Waals surface area contributed by atoms with E-state index in [0.717, 1.165) is 25.2 Å². The molecule has 0 radical (unpaired) electrons. The van der Waals surface area contributed by atoms with Gasteiger partial charge in [-0.1, -0.05) is 6.92 Å². The topological polar surface area (TPSA) is 71.0 Å². The molecule has 1 unspecified atom stereocenters. The summed E-state index contributed by atoms with van der Waals surface area (Å²) in [6, 6.07) is 5.85. The predicted molar refractivity (Wildman–Crippen MR) is 90.5 cm³/mol. The molecule has 122 valence electrons. The summed E-state index contributed by atoms with van der Waals surface area (Å²) in [5, 5.41) is 2.92. The third-order valence-electron chi connectivity index (χ3n) is 3.75. The summed E-state index contributed by atoms with van der Waals surface area (Å²) in [4.78, 5) is 26.5. The lowest BCUT2D eigenvalue weighted by molar-refractivity contribution is 0.0934. The highest BCUT2D eigenvalue weighted by atomic mass is 16.1. The van der Waals surface area contributed by atoms with E-state index in [-0.39, 0.29) is 11.9 Å². The van der Waals surface area contributed by atoms with E-state index < -0.39 is 0 Å². The lowest BCUT2D eigenvalue weighted by Gasteiger charge is -2.18. The predicted octanol–water partition coefficient (Wildman–Crippen LogP) is 2.08. The van der Waals surface area contributed by atoms with Crippen LogP contribution in [-0.2, 0) is 6.42 Å². The van der Waals surface area contributed by atoms with Crippen LogP contribution in [0.4, 0.5) is 5.82 Å². The molecule has 1 amide bonds. The maximum Gasteiger partial charge on any atom is 0.270 e. The van der Waals surface area contributed by atoms with Crippen LogP contribution in [0.1, 0.15) is 36.3 Å². The van der Waals surface area contributed by atoms with Crippen molar-refractivity contribution >= 4 is 11.7 Å². The first-order valence-corrected chi connectivity index (χ1v) is 7.83. The van der Waals surface area contributed by atoms with Gasteiger partial charge >= 0.3 is 0 Å². The number of anilines is 1. The van der Waals surface area contributed by atoms with Gasteiger partial charge in [0.25, 0.3) is 5.91 Å². The quantitative estimate of drug-likeness (QED) is 0.847. The van der Waals surface area contributed by atoms with Gasteiger partial charge < -0.3 is 10.2 Å². The molecule has 0 aliphatic carbocycles. The summed E-state index contributed by atoms with van der Waals surface area (Å²) in [7, 11) is 1.96. The molecule has 0 bridgehead atoms. The number of nitrogens with one attached hydrogen (secondary N) is 1. The highest BCUT2D eigenvalue weighted by molar-refractivity contribution is 5.93. The molecule has 2 aromatic rings. The fourth-order valence-corrected chi connectivity index (χ4v) is 2.04. The standard InChI is InChI=1S/C17H23N5O/c1-4-13(2)21-17(23)15-11-16(20-12-19-15)22(3)10-7-14-5-8-18-9-6-14/h5-6,8-9,11-13H,4,7,10H2,1-3H3,(H,21,23). The average molecular weight is 313 g/mol. The molecule has 2 aromatic heterocycles. The Morgan fingerprint density at radius 2 is 2.04 bits per heavy atom. The Morgan fingerprint density at radius 3 is 2.74 bits per heavy atom. The Bertz CT molecular complexity index is 632. The fraction of sp³-hybridized carbons (Fsp3) is 0.412. The lowest BCUT2D eigenvalue weighted by Crippen LogP contribution is -2.32. The Hall–Kier alpha value is -2.50. The zero-order valence-corrected chi connectivity index (χ0v) is 13.9. The zero-order valence-electron chi connectivity index (χ0n) is 13.9. The van der Waals surface area contributed by atoms with Crippen LogP contribution < -0.4 is 10.2 Å². The van der Waals surface area contributed by atoms with Crippen LogP contribution in [0.15, 0.2) is 36.9 Å². The number of hydrogen-bond donors (Lipinski definition) is 1. The molecule has 0 fully saturated rings. The summed E-state index contributed by atoms with van der Waals surface area (Å²) in [6.45, 7) is 4.80. The number of pyridine rings is 1. The average Bonchev–Trinajstić information content (AvgIpc) is 2.60. The van der Waals surface area contributed by atoms with Crippen LogP contribution in [0.5, 0.6) is 0 Å². The molecule has 0 saturated carbocycles. The summed E-state index contributed by atoms with van der Waals surface area (Å²) in [6.07, 6.45) is 6.78. The largest absolute Gasteiger partial charge is 0.359 e. The number of rotatable bonds is 7. The molecule has 6 nitrogen and oxygen atoms in total. The Kier molecular flexibility index (Phi) is 6.02. The van der Waals surface area contributed by atoms with E-state index >= 15 is 0 Å². The molecule has 1 atom stereocenters. The third kappa shape index (κ3) is 5.02. The maximum absolute atomic E-state index is 12.1. The third-order valence-corrected chi connectivity index (χ3v) is 3.75. The minimum atomic E-state index is -0.162. The minimum absolute atomic E-state index is 0.130. The molecule has 6 heteroatoms. The van der Waals surface area contributed by atoms with E-state index in [1.807, 2.05) is 37.9 Å². The minimum Gasteiger partial charge on any atom is -0.359 e. The van der Waals surface area contributed by atoms with Gasteiger partial charge in [-0.15, -0.1) is 0 Å². The second kappa shape index (κ2) is 8.22. The fourth-order valence-electron chi connectivity index (χ4n) is 2.04. The summed E-state index contributed by atoms with van der Waals surface area (Å²) in [5.41, 5.74) is 1.61. The molecule has 0 aliphatic heterocycles. The number of nitrogens with zero attached hydrogens (tertiary/aromatic N) is 4. The van der Waals surface area contributed by atoms with E-state index in [1.54, 1.807) is 18.5 Å². The van der Waals surface area contributed by atoms with Gasteiger partial charge in [0.2, 0.25) is 0 Å². The monoisotopic (exact) mass is 313 g/mol. The molecule has 2 rings (SSSR count). The molecule has 0 spiro atoms. The molecule has 1 N–H and O–H groups in total. The number of hydrogen-bond acceptors (Lipinski definition) is 5. The van der Waals surface area contributed by atoms with Crippen molar-refractivity contribution in [3.8, 4) is 0 Å². The van der Waals surface area contributed by atoms with E-state index in [2.05, 4.69) is 20.3 Å². The molecular weight excluding hydrogens is 290 g/mol. The van der Waals surface area contributed by atoms with Crippen LogP contribution in [0.2, 0.25) is 0 Å². The van der Waals surface area contributed by atoms with E-state index in [9.17, 15) is 4.79 Å². The van der Waals surface area contributed by atoms with Gasteiger partial charge in [-0.3, -0.25) is 9.78 Å². The highest BCUT2D eigenvalue weighted by Gasteiger charge is 2.12. The van der Waals surface area contributed by atoms with E-state index in [1.165, 1.54) is 11.9 Å². The van der Waals surface area contributed by atoms with Crippen molar-refractivity contribution in [2.75, 3.05) is 18.5 Å². The second-order valence-electron chi connectivity index (χ2n) is 5.57. The van der Waals surface area contributed by atoms with Crippen LogP contribution in [0.3, 0.4) is 0 Å². The summed E-state index contributed by atoms with van der Waals surface area (Å²) in [5.74, 6) is 0.578. The van der Waals surface area contributed by atoms with Gasteiger partial charge in [0.05, 0.1) is 0 Å². The van der Waals surface area contributed by atoms with Gasteiger partial charge in [-0.25, -0.2) is 9.97 Å². The van der Waals surface area contributed by atoms with Crippen LogP contribution in [0.25, 0.3) is 0 Å². The second-order valence-corrected chi connectivity index (χ2v) is 5.57. The lowest BCUT2D eigenvalue weighted by atomic mass is 10.2. The van der Waals surface area contributed by atoms with Gasteiger partial charge in [0.1, 0.15) is 17.8 Å². The molecular formula is C17H23N5O. The maximum atomic E-state index is 12.1. The normalized spacial score (nSPS) is 11.8. The Labute approximate surface area is 137 Å². The summed E-state index contributed by atoms with van der Waals surface area (Å²) < 4.78 is 0. The SMILES string of the molecule is CCC(C)NC(=O)c1cc(N(C)CCc2ccncc2)ncn1. The van der Waals surface area contributed by atoms with Crippen molar-refractivity contribution in [1.82, 2.24) is 20.3 Å². The van der Waals surface area contributed by atoms with Crippen molar-refractivity contribution in [2.45, 2.75) is 32.7 Å². The molecule has 0 aromatic carbocycles. The summed E-state index contributed by atoms with van der Waals surface area (Å²) >= 11 is 0. The first-order chi connectivity index (χ1) is 11.1. The van der Waals surface area contributed by atoms with Crippen LogP contribution in [0, 0.1) is 0 Å². The van der Waals surface area contributed by atoms with Gasteiger partial charge in [-0.2, -0.15) is 0 Å². The number of likely N-dealkylation sites (N-methyl/N-ethyl adjacent to an activating group) is 1. The zero-order chi connectivity index (χ0) is 16.7.